The van der Waals surface area contributed by atoms with E-state index in [0.29, 0.717) is 0 Å². The summed E-state index contributed by atoms with van der Waals surface area (Å²) in [6.07, 6.45) is -4.53. The molecule has 5 nitrogen and oxygen atoms in total. The average Bonchev–Trinajstić information content (AvgIpc) is 2.40. The summed E-state index contributed by atoms with van der Waals surface area (Å²) in [6.45, 7) is -0.383. The van der Waals surface area contributed by atoms with Crippen molar-refractivity contribution in [3.05, 3.63) is 30.3 Å². The van der Waals surface area contributed by atoms with E-state index in [-0.39, 0.29) is 21.6 Å². The van der Waals surface area contributed by atoms with Crippen LogP contribution < -0.4 is 4.46 Å². The first-order valence-electron chi connectivity index (χ1n) is 5.65. The Bertz CT molecular complexity index is 372. The summed E-state index contributed by atoms with van der Waals surface area (Å²) >= 11 is -0.199. The predicted molar refractivity (Wildman–Crippen MR) is 65.6 cm³/mol. The second kappa shape index (κ2) is 6.12. The molecule has 1 saturated heterocycles. The minimum atomic E-state index is -1.29. The molecule has 5 atom stereocenters. The van der Waals surface area contributed by atoms with E-state index in [1.165, 1.54) is 0 Å². The van der Waals surface area contributed by atoms with Gasteiger partial charge in [-0.1, -0.05) is 0 Å². The molecular weight excluding hydrogens is 303 g/mol. The van der Waals surface area contributed by atoms with Gasteiger partial charge in [0.1, 0.15) is 0 Å². The van der Waals surface area contributed by atoms with Crippen LogP contribution in [0.15, 0.2) is 30.3 Å². The number of ether oxygens (including phenoxy) is 1. The molecule has 0 bridgehead atoms. The topological polar surface area (TPSA) is 90.2 Å². The number of aliphatic hydroxyl groups is 4. The molecule has 0 saturated carbocycles. The van der Waals surface area contributed by atoms with Gasteiger partial charge < -0.3 is 0 Å². The van der Waals surface area contributed by atoms with Crippen molar-refractivity contribution < 1.29 is 25.2 Å². The third-order valence-electron chi connectivity index (χ3n) is 2.84. The second-order valence-corrected chi connectivity index (χ2v) is 6.59. The van der Waals surface area contributed by atoms with Crippen LogP contribution in [0.5, 0.6) is 0 Å². The Morgan fingerprint density at radius 3 is 2.28 bits per heavy atom. The summed E-state index contributed by atoms with van der Waals surface area (Å²) in [6, 6.07) is 9.51. The van der Waals surface area contributed by atoms with Crippen molar-refractivity contribution in [2.45, 2.75) is 29.4 Å². The zero-order valence-corrected chi connectivity index (χ0v) is 11.3. The van der Waals surface area contributed by atoms with E-state index in [4.69, 9.17) is 9.84 Å². The van der Waals surface area contributed by atoms with Crippen LogP contribution in [0.2, 0.25) is 0 Å². The molecule has 1 aliphatic heterocycles. The van der Waals surface area contributed by atoms with Crippen molar-refractivity contribution in [2.75, 3.05) is 6.61 Å². The molecule has 100 valence electrons. The van der Waals surface area contributed by atoms with Crippen molar-refractivity contribution in [2.24, 2.45) is 0 Å². The van der Waals surface area contributed by atoms with Gasteiger partial charge in [-0.15, -0.1) is 0 Å². The standard InChI is InChI=1S/C12H16O5Se/c13-6-8-9(14)10(15)11(16)12(17-8)18-7-4-2-1-3-5-7/h1-5,8-16H,6H2/t8?,9-,10+,11?,12+/m1/s1. The monoisotopic (exact) mass is 320 g/mol. The molecule has 0 aromatic heterocycles. The summed E-state index contributed by atoms with van der Waals surface area (Å²) < 4.78 is 6.47. The van der Waals surface area contributed by atoms with Gasteiger partial charge in [-0.3, -0.25) is 0 Å². The van der Waals surface area contributed by atoms with Crippen LogP contribution in [-0.4, -0.2) is 71.4 Å². The Morgan fingerprint density at radius 2 is 1.67 bits per heavy atom. The quantitative estimate of drug-likeness (QED) is 0.476. The molecule has 0 radical (unpaired) electrons. The summed E-state index contributed by atoms with van der Waals surface area (Å²) in [5.41, 5.74) is 0. The molecule has 1 fully saturated rings. The molecule has 18 heavy (non-hydrogen) atoms. The first-order chi connectivity index (χ1) is 8.63. The summed E-state index contributed by atoms with van der Waals surface area (Å²) in [7, 11) is 0. The van der Waals surface area contributed by atoms with Gasteiger partial charge >= 0.3 is 111 Å². The average molecular weight is 319 g/mol. The Balaban J connectivity index is 2.08. The Labute approximate surface area is 111 Å². The number of benzene rings is 1. The third kappa shape index (κ3) is 2.92. The van der Waals surface area contributed by atoms with Gasteiger partial charge in [0.05, 0.1) is 0 Å². The van der Waals surface area contributed by atoms with Crippen LogP contribution in [0.1, 0.15) is 0 Å². The maximum absolute atomic E-state index is 9.88. The molecule has 4 N–H and O–H groups in total. The van der Waals surface area contributed by atoms with Crippen LogP contribution in [0.3, 0.4) is 0 Å². The van der Waals surface area contributed by atoms with Crippen molar-refractivity contribution >= 4 is 19.4 Å². The molecule has 0 amide bonds. The van der Waals surface area contributed by atoms with Crippen LogP contribution in [-0.2, 0) is 4.74 Å². The Morgan fingerprint density at radius 1 is 1.00 bits per heavy atom. The van der Waals surface area contributed by atoms with E-state index in [1.54, 1.807) is 0 Å². The molecule has 0 aliphatic carbocycles. The maximum atomic E-state index is 9.88. The second-order valence-electron chi connectivity index (χ2n) is 4.13. The van der Waals surface area contributed by atoms with Crippen LogP contribution >= 0.6 is 0 Å². The van der Waals surface area contributed by atoms with Crippen molar-refractivity contribution in [3.63, 3.8) is 0 Å². The SMILES string of the molecule is OCC1O[C@@H]([Se]c2ccccc2)C(O)[C@@H](O)[C@@H]1O. The van der Waals surface area contributed by atoms with Crippen LogP contribution in [0.4, 0.5) is 0 Å². The molecule has 2 unspecified atom stereocenters. The fraction of sp³-hybridized carbons (Fsp3) is 0.500. The van der Waals surface area contributed by atoms with E-state index in [0.717, 1.165) is 4.46 Å². The number of rotatable bonds is 3. The fourth-order valence-corrected chi connectivity index (χ4v) is 4.07. The number of hydrogen-bond acceptors (Lipinski definition) is 5. The molecule has 1 aliphatic rings. The van der Waals surface area contributed by atoms with E-state index >= 15 is 0 Å². The zero-order chi connectivity index (χ0) is 13.1. The van der Waals surface area contributed by atoms with E-state index in [1.807, 2.05) is 30.3 Å². The van der Waals surface area contributed by atoms with Crippen LogP contribution in [0, 0.1) is 0 Å². The van der Waals surface area contributed by atoms with Crippen LogP contribution in [0.25, 0.3) is 0 Å². The molecule has 1 heterocycles. The molecular formula is C12H16O5Se. The number of hydrogen-bond donors (Lipinski definition) is 4. The van der Waals surface area contributed by atoms with Crippen molar-refractivity contribution in [1.82, 2.24) is 0 Å². The van der Waals surface area contributed by atoms with Crippen molar-refractivity contribution in [3.8, 4) is 0 Å². The van der Waals surface area contributed by atoms with Gasteiger partial charge in [0.15, 0.2) is 0 Å². The molecule has 0 spiro atoms. The van der Waals surface area contributed by atoms with Gasteiger partial charge in [-0.2, -0.15) is 0 Å². The van der Waals surface area contributed by atoms with Gasteiger partial charge in [-0.25, -0.2) is 0 Å². The summed E-state index contributed by atoms with van der Waals surface area (Å²) in [5.74, 6) is 0. The zero-order valence-electron chi connectivity index (χ0n) is 9.59. The van der Waals surface area contributed by atoms with Gasteiger partial charge in [0.2, 0.25) is 0 Å². The minimum absolute atomic E-state index is 0.199. The number of aliphatic hydroxyl groups excluding tert-OH is 4. The first-order valence-corrected chi connectivity index (χ1v) is 7.50. The summed E-state index contributed by atoms with van der Waals surface area (Å²) in [4.78, 5) is 0. The van der Waals surface area contributed by atoms with Crippen molar-refractivity contribution in [1.29, 1.82) is 0 Å². The van der Waals surface area contributed by atoms with E-state index < -0.39 is 29.4 Å². The van der Waals surface area contributed by atoms with Gasteiger partial charge in [-0.05, 0) is 0 Å². The third-order valence-corrected chi connectivity index (χ3v) is 5.29. The van der Waals surface area contributed by atoms with Gasteiger partial charge in [0.25, 0.3) is 0 Å². The molecule has 1 aromatic carbocycles. The fourth-order valence-electron chi connectivity index (χ4n) is 1.80. The predicted octanol–water partition coefficient (Wildman–Crippen LogP) is -2.18. The Kier molecular flexibility index (Phi) is 4.75. The summed E-state index contributed by atoms with van der Waals surface area (Å²) in [5, 5.41) is 37.7. The molecule has 1 aromatic rings. The Hall–Kier alpha value is -0.461. The van der Waals surface area contributed by atoms with Gasteiger partial charge in [0, 0.05) is 0 Å². The normalized spacial score (nSPS) is 36.6. The molecule has 6 heteroatoms. The molecule has 2 rings (SSSR count). The van der Waals surface area contributed by atoms with E-state index in [9.17, 15) is 15.3 Å². The van der Waals surface area contributed by atoms with E-state index in [2.05, 4.69) is 0 Å². The first kappa shape index (κ1) is 14.0.